The van der Waals surface area contributed by atoms with Gasteiger partial charge in [0, 0.05) is 18.7 Å². The summed E-state index contributed by atoms with van der Waals surface area (Å²) in [6.07, 6.45) is -1.42. The molecule has 1 aliphatic rings. The van der Waals surface area contributed by atoms with Crippen molar-refractivity contribution in [2.75, 3.05) is 6.54 Å². The minimum Gasteiger partial charge on any atom is -0.508 e. The number of nitrogens with one attached hydrogen (secondary N) is 1. The van der Waals surface area contributed by atoms with E-state index in [1.807, 2.05) is 0 Å². The zero-order valence-corrected chi connectivity index (χ0v) is 9.53. The summed E-state index contributed by atoms with van der Waals surface area (Å²) in [5, 5.41) is 12.4. The van der Waals surface area contributed by atoms with Gasteiger partial charge in [-0.15, -0.1) is 0 Å². The summed E-state index contributed by atoms with van der Waals surface area (Å²) >= 11 is 0. The monoisotopic (exact) mass is 257 g/mol. The van der Waals surface area contributed by atoms with Crippen molar-refractivity contribution in [2.24, 2.45) is 0 Å². The Bertz CT molecular complexity index is 451. The summed E-state index contributed by atoms with van der Waals surface area (Å²) in [4.78, 5) is 10.8. The largest absolute Gasteiger partial charge is 0.508 e. The SMILES string of the molecule is O=C1OC(CNCc2ccccc2O)CC1(F)F. The lowest BCUT2D eigenvalue weighted by Crippen LogP contribution is -2.26. The average molecular weight is 257 g/mol. The maximum atomic E-state index is 12.9. The number of alkyl halides is 2. The number of carbonyl (C=O) groups excluding carboxylic acids is 1. The molecule has 0 radical (unpaired) electrons. The predicted octanol–water partition coefficient (Wildman–Crippen LogP) is 1.43. The molecule has 1 saturated heterocycles. The van der Waals surface area contributed by atoms with Gasteiger partial charge >= 0.3 is 11.9 Å². The highest BCUT2D eigenvalue weighted by molar-refractivity contribution is 5.79. The molecule has 2 N–H and O–H groups in total. The third-order valence-electron chi connectivity index (χ3n) is 2.74. The lowest BCUT2D eigenvalue weighted by Gasteiger charge is -2.10. The van der Waals surface area contributed by atoms with Gasteiger partial charge in [-0.1, -0.05) is 18.2 Å². The number of para-hydroxylation sites is 1. The van der Waals surface area contributed by atoms with Gasteiger partial charge in [0.05, 0.1) is 6.42 Å². The smallest absolute Gasteiger partial charge is 0.377 e. The van der Waals surface area contributed by atoms with E-state index in [0.29, 0.717) is 12.1 Å². The van der Waals surface area contributed by atoms with Gasteiger partial charge in [-0.05, 0) is 6.07 Å². The molecule has 18 heavy (non-hydrogen) atoms. The normalized spacial score (nSPS) is 21.9. The summed E-state index contributed by atoms with van der Waals surface area (Å²) in [5.41, 5.74) is 0.661. The number of phenols is 1. The molecule has 0 aliphatic carbocycles. The van der Waals surface area contributed by atoms with Gasteiger partial charge in [0.1, 0.15) is 11.9 Å². The number of carbonyl (C=O) groups is 1. The van der Waals surface area contributed by atoms with Crippen molar-refractivity contribution in [1.29, 1.82) is 0 Å². The molecule has 1 heterocycles. The number of hydrogen-bond donors (Lipinski definition) is 2. The van der Waals surface area contributed by atoms with E-state index in [1.54, 1.807) is 24.3 Å². The number of benzene rings is 1. The van der Waals surface area contributed by atoms with E-state index in [1.165, 1.54) is 0 Å². The van der Waals surface area contributed by atoms with E-state index < -0.39 is 24.4 Å². The topological polar surface area (TPSA) is 58.6 Å². The lowest BCUT2D eigenvalue weighted by atomic mass is 10.1. The molecule has 0 spiro atoms. The first-order valence-electron chi connectivity index (χ1n) is 5.55. The van der Waals surface area contributed by atoms with E-state index in [9.17, 15) is 18.7 Å². The van der Waals surface area contributed by atoms with Crippen LogP contribution in [0.15, 0.2) is 24.3 Å². The van der Waals surface area contributed by atoms with Crippen LogP contribution in [0.1, 0.15) is 12.0 Å². The van der Waals surface area contributed by atoms with E-state index in [-0.39, 0.29) is 12.3 Å². The molecule has 98 valence electrons. The second-order valence-corrected chi connectivity index (χ2v) is 4.20. The van der Waals surface area contributed by atoms with Crippen LogP contribution in [0.3, 0.4) is 0 Å². The molecule has 6 heteroatoms. The minimum absolute atomic E-state index is 0.135. The first-order chi connectivity index (χ1) is 8.49. The lowest BCUT2D eigenvalue weighted by molar-refractivity contribution is -0.159. The summed E-state index contributed by atoms with van der Waals surface area (Å²) in [6.45, 7) is 0.460. The Morgan fingerprint density at radius 1 is 1.44 bits per heavy atom. The first-order valence-corrected chi connectivity index (χ1v) is 5.55. The molecule has 4 nitrogen and oxygen atoms in total. The van der Waals surface area contributed by atoms with Crippen molar-refractivity contribution >= 4 is 5.97 Å². The van der Waals surface area contributed by atoms with Crippen molar-refractivity contribution in [3.05, 3.63) is 29.8 Å². The van der Waals surface area contributed by atoms with E-state index in [0.717, 1.165) is 0 Å². The molecule has 1 aromatic carbocycles. The van der Waals surface area contributed by atoms with E-state index in [2.05, 4.69) is 10.1 Å². The zero-order chi connectivity index (χ0) is 13.2. The van der Waals surface area contributed by atoms with Crippen molar-refractivity contribution in [3.8, 4) is 5.75 Å². The molecule has 1 aromatic rings. The van der Waals surface area contributed by atoms with Crippen LogP contribution in [-0.4, -0.2) is 29.6 Å². The third-order valence-corrected chi connectivity index (χ3v) is 2.74. The number of rotatable bonds is 4. The molecule has 0 saturated carbocycles. The van der Waals surface area contributed by atoms with Crippen molar-refractivity contribution in [3.63, 3.8) is 0 Å². The van der Waals surface area contributed by atoms with Crippen LogP contribution in [0.5, 0.6) is 5.75 Å². The molecule has 1 fully saturated rings. The molecule has 1 aliphatic heterocycles. The first kappa shape index (κ1) is 12.8. The second-order valence-electron chi connectivity index (χ2n) is 4.20. The van der Waals surface area contributed by atoms with Gasteiger partial charge < -0.3 is 15.2 Å². The number of cyclic esters (lactones) is 1. The van der Waals surface area contributed by atoms with Gasteiger partial charge in [0.25, 0.3) is 0 Å². The van der Waals surface area contributed by atoms with Gasteiger partial charge in [0.15, 0.2) is 0 Å². The molecule has 0 amide bonds. The maximum Gasteiger partial charge on any atom is 0.377 e. The number of hydrogen-bond acceptors (Lipinski definition) is 4. The fraction of sp³-hybridized carbons (Fsp3) is 0.417. The van der Waals surface area contributed by atoms with E-state index in [4.69, 9.17) is 0 Å². The Hall–Kier alpha value is -1.69. The standard InChI is InChI=1S/C12H13F2NO3/c13-12(14)5-9(18-11(12)17)7-15-6-8-3-1-2-4-10(8)16/h1-4,9,15-16H,5-7H2. The van der Waals surface area contributed by atoms with Crippen LogP contribution >= 0.6 is 0 Å². The Balaban J connectivity index is 1.81. The van der Waals surface area contributed by atoms with Gasteiger partial charge in [-0.25, -0.2) is 4.79 Å². The number of esters is 1. The van der Waals surface area contributed by atoms with Crippen LogP contribution in [0.2, 0.25) is 0 Å². The highest BCUT2D eigenvalue weighted by atomic mass is 19.3. The van der Waals surface area contributed by atoms with Gasteiger partial charge in [-0.2, -0.15) is 8.78 Å². The number of aromatic hydroxyl groups is 1. The predicted molar refractivity (Wildman–Crippen MR) is 59.3 cm³/mol. The van der Waals surface area contributed by atoms with Crippen LogP contribution in [0.4, 0.5) is 8.78 Å². The quantitative estimate of drug-likeness (QED) is 0.801. The summed E-state index contributed by atoms with van der Waals surface area (Å²) in [5.74, 6) is -4.70. The molecular weight excluding hydrogens is 244 g/mol. The summed E-state index contributed by atoms with van der Waals surface area (Å²) in [6, 6.07) is 6.72. The van der Waals surface area contributed by atoms with Crippen molar-refractivity contribution in [1.82, 2.24) is 5.32 Å². The minimum atomic E-state index is -3.37. The van der Waals surface area contributed by atoms with Crippen LogP contribution < -0.4 is 5.32 Å². The fourth-order valence-electron chi connectivity index (χ4n) is 1.79. The van der Waals surface area contributed by atoms with Crippen molar-refractivity contribution < 1.29 is 23.4 Å². The van der Waals surface area contributed by atoms with Crippen molar-refractivity contribution in [2.45, 2.75) is 25.0 Å². The number of phenolic OH excluding ortho intramolecular Hbond substituents is 1. The summed E-state index contributed by atoms with van der Waals surface area (Å²) in [7, 11) is 0. The average Bonchev–Trinajstić information content (AvgIpc) is 2.55. The Morgan fingerprint density at radius 3 is 2.78 bits per heavy atom. The maximum absolute atomic E-state index is 12.9. The number of halogens is 2. The Labute approximate surface area is 103 Å². The van der Waals surface area contributed by atoms with Crippen LogP contribution in [0, 0.1) is 0 Å². The van der Waals surface area contributed by atoms with E-state index >= 15 is 0 Å². The molecule has 2 rings (SSSR count). The highest BCUT2D eigenvalue weighted by Crippen LogP contribution is 2.30. The van der Waals surface area contributed by atoms with Gasteiger partial charge in [0.2, 0.25) is 0 Å². The molecule has 0 bridgehead atoms. The second kappa shape index (κ2) is 4.89. The molecule has 1 unspecified atom stereocenters. The van der Waals surface area contributed by atoms with Crippen LogP contribution in [0.25, 0.3) is 0 Å². The summed E-state index contributed by atoms with van der Waals surface area (Å²) < 4.78 is 30.3. The van der Waals surface area contributed by atoms with Crippen LogP contribution in [-0.2, 0) is 16.1 Å². The number of ether oxygens (including phenoxy) is 1. The molecular formula is C12H13F2NO3. The van der Waals surface area contributed by atoms with Gasteiger partial charge in [-0.3, -0.25) is 0 Å². The molecule has 1 atom stereocenters. The molecule has 0 aromatic heterocycles. The Kier molecular flexibility index (Phi) is 3.47. The fourth-order valence-corrected chi connectivity index (χ4v) is 1.79. The highest BCUT2D eigenvalue weighted by Gasteiger charge is 2.50. The zero-order valence-electron chi connectivity index (χ0n) is 9.53. The third kappa shape index (κ3) is 2.76. The Morgan fingerprint density at radius 2 is 2.17 bits per heavy atom.